The highest BCUT2D eigenvalue weighted by Crippen LogP contribution is 2.29. The van der Waals surface area contributed by atoms with Gasteiger partial charge in [-0.1, -0.05) is 17.7 Å². The van der Waals surface area contributed by atoms with Crippen molar-refractivity contribution in [3.63, 3.8) is 0 Å². The van der Waals surface area contributed by atoms with Crippen LogP contribution >= 0.6 is 0 Å². The molecule has 1 nitrogen and oxygen atoms in total. The van der Waals surface area contributed by atoms with Crippen molar-refractivity contribution in [2.24, 2.45) is 0 Å². The van der Waals surface area contributed by atoms with Gasteiger partial charge in [-0.15, -0.1) is 0 Å². The van der Waals surface area contributed by atoms with Crippen molar-refractivity contribution in [1.29, 1.82) is 0 Å². The van der Waals surface area contributed by atoms with Gasteiger partial charge in [0.1, 0.15) is 11.4 Å². The van der Waals surface area contributed by atoms with E-state index in [0.29, 0.717) is 0 Å². The number of benzene rings is 1. The fourth-order valence-corrected chi connectivity index (χ4v) is 1.90. The van der Waals surface area contributed by atoms with Gasteiger partial charge in [0.05, 0.1) is 0 Å². The summed E-state index contributed by atoms with van der Waals surface area (Å²) >= 11 is 0. The summed E-state index contributed by atoms with van der Waals surface area (Å²) in [7, 11) is 0. The lowest BCUT2D eigenvalue weighted by molar-refractivity contribution is 0.131. The minimum Gasteiger partial charge on any atom is -0.488 e. The molecule has 15 heavy (non-hydrogen) atoms. The molecule has 0 spiro atoms. The Morgan fingerprint density at radius 1 is 1.20 bits per heavy atom. The van der Waals surface area contributed by atoms with Crippen molar-refractivity contribution < 1.29 is 4.74 Å². The second-order valence-corrected chi connectivity index (χ2v) is 5.24. The Kier molecular flexibility index (Phi) is 2.34. The molecule has 0 saturated heterocycles. The molecule has 0 fully saturated rings. The monoisotopic (exact) mass is 202 g/mol. The van der Waals surface area contributed by atoms with Gasteiger partial charge in [-0.25, -0.2) is 0 Å². The van der Waals surface area contributed by atoms with Crippen LogP contribution < -0.4 is 4.74 Å². The van der Waals surface area contributed by atoms with Gasteiger partial charge in [0.2, 0.25) is 0 Å². The number of rotatable bonds is 1. The highest BCUT2D eigenvalue weighted by molar-refractivity contribution is 5.64. The van der Waals surface area contributed by atoms with Crippen molar-refractivity contribution in [2.75, 3.05) is 0 Å². The minimum absolute atomic E-state index is 0.119. The third-order valence-electron chi connectivity index (χ3n) is 2.41. The number of allylic oxidation sites excluding steroid dienone is 1. The standard InChI is InChI=1S/C14H18O/c1-10-7-11-5-6-13(9-12(11)8-10)15-14(2,3)4/h5-6,8-9H,7H2,1-4H3. The first-order chi connectivity index (χ1) is 6.94. The first-order valence-corrected chi connectivity index (χ1v) is 5.43. The lowest BCUT2D eigenvalue weighted by Gasteiger charge is -2.21. The Hall–Kier alpha value is -1.24. The molecule has 2 rings (SSSR count). The molecule has 0 aromatic heterocycles. The van der Waals surface area contributed by atoms with Gasteiger partial charge in [0.25, 0.3) is 0 Å². The second kappa shape index (κ2) is 3.41. The summed E-state index contributed by atoms with van der Waals surface area (Å²) in [4.78, 5) is 0. The molecule has 0 bridgehead atoms. The van der Waals surface area contributed by atoms with E-state index in [1.165, 1.54) is 16.7 Å². The van der Waals surface area contributed by atoms with E-state index in [-0.39, 0.29) is 5.60 Å². The van der Waals surface area contributed by atoms with E-state index in [4.69, 9.17) is 4.74 Å². The fourth-order valence-electron chi connectivity index (χ4n) is 1.90. The van der Waals surface area contributed by atoms with E-state index in [1.54, 1.807) is 0 Å². The first-order valence-electron chi connectivity index (χ1n) is 5.43. The summed E-state index contributed by atoms with van der Waals surface area (Å²) in [6.45, 7) is 8.38. The van der Waals surface area contributed by atoms with Crippen LogP contribution in [0.3, 0.4) is 0 Å². The van der Waals surface area contributed by atoms with Gasteiger partial charge in [-0.05, 0) is 57.4 Å². The molecule has 0 aliphatic heterocycles. The molecule has 0 atom stereocenters. The van der Waals surface area contributed by atoms with Crippen LogP contribution in [0.4, 0.5) is 0 Å². The highest BCUT2D eigenvalue weighted by atomic mass is 16.5. The zero-order valence-corrected chi connectivity index (χ0v) is 9.92. The molecule has 1 heteroatoms. The van der Waals surface area contributed by atoms with Crippen LogP contribution in [0.15, 0.2) is 23.8 Å². The van der Waals surface area contributed by atoms with Crippen molar-refractivity contribution in [3.8, 4) is 5.75 Å². The minimum atomic E-state index is -0.119. The SMILES string of the molecule is CC1=Cc2cc(OC(C)(C)C)ccc2C1. The van der Waals surface area contributed by atoms with Crippen molar-refractivity contribution >= 4 is 6.08 Å². The summed E-state index contributed by atoms with van der Waals surface area (Å²) in [5.74, 6) is 0.965. The van der Waals surface area contributed by atoms with Crippen LogP contribution in [0.1, 0.15) is 38.8 Å². The molecule has 0 N–H and O–H groups in total. The molecular weight excluding hydrogens is 184 g/mol. The zero-order valence-electron chi connectivity index (χ0n) is 9.92. The number of hydrogen-bond donors (Lipinski definition) is 0. The smallest absolute Gasteiger partial charge is 0.120 e. The molecule has 0 amide bonds. The molecule has 0 unspecified atom stereocenters. The van der Waals surface area contributed by atoms with Gasteiger partial charge in [0.15, 0.2) is 0 Å². The molecule has 1 aliphatic carbocycles. The van der Waals surface area contributed by atoms with Crippen LogP contribution in [0.5, 0.6) is 5.75 Å². The Morgan fingerprint density at radius 2 is 1.93 bits per heavy atom. The van der Waals surface area contributed by atoms with Crippen LogP contribution in [-0.2, 0) is 6.42 Å². The van der Waals surface area contributed by atoms with E-state index in [2.05, 4.69) is 52.0 Å². The zero-order chi connectivity index (χ0) is 11.1. The number of fused-ring (bicyclic) bond motifs is 1. The molecular formula is C14H18O. The maximum Gasteiger partial charge on any atom is 0.120 e. The Morgan fingerprint density at radius 3 is 2.60 bits per heavy atom. The second-order valence-electron chi connectivity index (χ2n) is 5.24. The van der Waals surface area contributed by atoms with Gasteiger partial charge in [-0.2, -0.15) is 0 Å². The van der Waals surface area contributed by atoms with Crippen molar-refractivity contribution in [1.82, 2.24) is 0 Å². The van der Waals surface area contributed by atoms with Gasteiger partial charge in [0, 0.05) is 0 Å². The lowest BCUT2D eigenvalue weighted by atomic mass is 10.1. The predicted molar refractivity (Wildman–Crippen MR) is 64.2 cm³/mol. The molecule has 80 valence electrons. The summed E-state index contributed by atoms with van der Waals surface area (Å²) in [6, 6.07) is 6.37. The lowest BCUT2D eigenvalue weighted by Crippen LogP contribution is -2.22. The van der Waals surface area contributed by atoms with E-state index < -0.39 is 0 Å². The van der Waals surface area contributed by atoms with Crippen LogP contribution in [0.2, 0.25) is 0 Å². The Bertz CT molecular complexity index is 408. The normalized spacial score (nSPS) is 14.8. The molecule has 1 aromatic rings. The maximum absolute atomic E-state index is 5.83. The Balaban J connectivity index is 2.26. The van der Waals surface area contributed by atoms with Crippen LogP contribution in [0.25, 0.3) is 6.08 Å². The summed E-state index contributed by atoms with van der Waals surface area (Å²) in [5.41, 5.74) is 4.03. The summed E-state index contributed by atoms with van der Waals surface area (Å²) in [6.07, 6.45) is 3.33. The number of hydrogen-bond acceptors (Lipinski definition) is 1. The number of ether oxygens (including phenoxy) is 1. The van der Waals surface area contributed by atoms with Crippen LogP contribution in [-0.4, -0.2) is 5.60 Å². The average molecular weight is 202 g/mol. The molecule has 0 saturated carbocycles. The van der Waals surface area contributed by atoms with Gasteiger partial charge >= 0.3 is 0 Å². The quantitative estimate of drug-likeness (QED) is 0.672. The van der Waals surface area contributed by atoms with Crippen molar-refractivity contribution in [2.45, 2.75) is 39.7 Å². The third kappa shape index (κ3) is 2.41. The molecule has 0 heterocycles. The summed E-state index contributed by atoms with van der Waals surface area (Å²) in [5, 5.41) is 0. The van der Waals surface area contributed by atoms with E-state index >= 15 is 0 Å². The maximum atomic E-state index is 5.83. The average Bonchev–Trinajstić information content (AvgIpc) is 2.40. The largest absolute Gasteiger partial charge is 0.488 e. The molecule has 0 radical (unpaired) electrons. The van der Waals surface area contributed by atoms with E-state index in [1.807, 2.05) is 0 Å². The van der Waals surface area contributed by atoms with Crippen molar-refractivity contribution in [3.05, 3.63) is 34.9 Å². The Labute approximate surface area is 91.8 Å². The third-order valence-corrected chi connectivity index (χ3v) is 2.41. The van der Waals surface area contributed by atoms with E-state index in [9.17, 15) is 0 Å². The van der Waals surface area contributed by atoms with Crippen LogP contribution in [0, 0.1) is 0 Å². The molecule has 1 aliphatic rings. The predicted octanol–water partition coefficient (Wildman–Crippen LogP) is 3.82. The van der Waals surface area contributed by atoms with Gasteiger partial charge in [-0.3, -0.25) is 0 Å². The van der Waals surface area contributed by atoms with Gasteiger partial charge < -0.3 is 4.74 Å². The van der Waals surface area contributed by atoms with E-state index in [0.717, 1.165) is 12.2 Å². The summed E-state index contributed by atoms with van der Waals surface area (Å²) < 4.78 is 5.83. The molecule has 1 aromatic carbocycles. The highest BCUT2D eigenvalue weighted by Gasteiger charge is 2.14. The topological polar surface area (TPSA) is 9.23 Å². The first kappa shape index (κ1) is 10.3. The fraction of sp³-hybridized carbons (Fsp3) is 0.429.